The highest BCUT2D eigenvalue weighted by atomic mass is 32.1. The van der Waals surface area contributed by atoms with Crippen molar-refractivity contribution in [1.82, 2.24) is 9.97 Å². The molecular formula is C16H10F3N3OS. The number of nitrogens with one attached hydrogen (secondary N) is 1. The predicted octanol–water partition coefficient (Wildman–Crippen LogP) is 4.48. The first-order chi connectivity index (χ1) is 11.4. The zero-order valence-electron chi connectivity index (χ0n) is 12.0. The zero-order chi connectivity index (χ0) is 17.2. The van der Waals surface area contributed by atoms with Crippen molar-refractivity contribution in [2.24, 2.45) is 0 Å². The van der Waals surface area contributed by atoms with Crippen molar-refractivity contribution < 1.29 is 18.0 Å². The Kier molecular flexibility index (Phi) is 4.30. The number of amides is 1. The number of para-hydroxylation sites is 1. The fourth-order valence-electron chi connectivity index (χ4n) is 2.01. The van der Waals surface area contributed by atoms with Crippen LogP contribution in [0, 0.1) is 0 Å². The Morgan fingerprint density at radius 3 is 2.54 bits per heavy atom. The van der Waals surface area contributed by atoms with Crippen molar-refractivity contribution in [3.8, 4) is 10.7 Å². The Bertz CT molecular complexity index is 862. The third-order valence-electron chi connectivity index (χ3n) is 3.10. The topological polar surface area (TPSA) is 54.9 Å². The van der Waals surface area contributed by atoms with E-state index in [2.05, 4.69) is 15.3 Å². The van der Waals surface area contributed by atoms with Crippen LogP contribution in [0.3, 0.4) is 0 Å². The number of benzene rings is 1. The molecule has 0 bridgehead atoms. The van der Waals surface area contributed by atoms with E-state index >= 15 is 0 Å². The van der Waals surface area contributed by atoms with Crippen LogP contribution >= 0.6 is 11.3 Å². The second kappa shape index (κ2) is 6.40. The summed E-state index contributed by atoms with van der Waals surface area (Å²) in [5, 5.41) is 4.26. The van der Waals surface area contributed by atoms with Crippen molar-refractivity contribution >= 4 is 22.9 Å². The second-order valence-corrected chi connectivity index (χ2v) is 5.61. The van der Waals surface area contributed by atoms with Gasteiger partial charge in [0.25, 0.3) is 5.91 Å². The van der Waals surface area contributed by atoms with Crippen LogP contribution in [0.1, 0.15) is 16.1 Å². The molecule has 0 aliphatic rings. The van der Waals surface area contributed by atoms with Crippen molar-refractivity contribution in [2.45, 2.75) is 6.18 Å². The Balaban J connectivity index is 1.83. The van der Waals surface area contributed by atoms with Crippen LogP contribution in [0.15, 0.2) is 54.0 Å². The molecule has 8 heteroatoms. The first-order valence-electron chi connectivity index (χ1n) is 6.79. The summed E-state index contributed by atoms with van der Waals surface area (Å²) in [5.74, 6) is -0.704. The van der Waals surface area contributed by atoms with E-state index in [1.54, 1.807) is 24.4 Å². The van der Waals surface area contributed by atoms with E-state index in [1.165, 1.54) is 34.9 Å². The van der Waals surface area contributed by atoms with E-state index in [0.29, 0.717) is 10.7 Å². The van der Waals surface area contributed by atoms with Crippen LogP contribution in [0.5, 0.6) is 0 Å². The summed E-state index contributed by atoms with van der Waals surface area (Å²) in [6.45, 7) is 0. The fraction of sp³-hybridized carbons (Fsp3) is 0.0625. The fourth-order valence-corrected chi connectivity index (χ4v) is 2.79. The van der Waals surface area contributed by atoms with E-state index in [9.17, 15) is 18.0 Å². The molecule has 0 spiro atoms. The standard InChI is InChI=1S/C16H10F3N3OS/c17-16(18,19)10-5-1-2-6-11(10)21-14(23)13-9-24-15(22-13)12-7-3-4-8-20-12/h1-9H,(H,21,23). The van der Waals surface area contributed by atoms with Gasteiger partial charge in [0, 0.05) is 11.6 Å². The smallest absolute Gasteiger partial charge is 0.320 e. The van der Waals surface area contributed by atoms with Crippen LogP contribution in [0.4, 0.5) is 18.9 Å². The predicted molar refractivity (Wildman–Crippen MR) is 84.7 cm³/mol. The lowest BCUT2D eigenvalue weighted by atomic mass is 10.1. The van der Waals surface area contributed by atoms with E-state index < -0.39 is 17.6 Å². The number of hydrogen-bond acceptors (Lipinski definition) is 4. The van der Waals surface area contributed by atoms with Gasteiger partial charge in [0.1, 0.15) is 10.7 Å². The lowest BCUT2D eigenvalue weighted by Crippen LogP contribution is -2.16. The quantitative estimate of drug-likeness (QED) is 0.759. The highest BCUT2D eigenvalue weighted by Gasteiger charge is 2.33. The first-order valence-corrected chi connectivity index (χ1v) is 7.67. The van der Waals surface area contributed by atoms with Gasteiger partial charge in [0.2, 0.25) is 0 Å². The van der Waals surface area contributed by atoms with Crippen molar-refractivity contribution in [3.05, 3.63) is 65.3 Å². The van der Waals surface area contributed by atoms with Crippen LogP contribution in [0.2, 0.25) is 0 Å². The number of rotatable bonds is 3. The van der Waals surface area contributed by atoms with Gasteiger partial charge in [-0.1, -0.05) is 18.2 Å². The van der Waals surface area contributed by atoms with Gasteiger partial charge in [0.15, 0.2) is 0 Å². The van der Waals surface area contributed by atoms with Gasteiger partial charge in [-0.25, -0.2) is 4.98 Å². The molecule has 1 amide bonds. The van der Waals surface area contributed by atoms with E-state index in [0.717, 1.165) is 6.07 Å². The average Bonchev–Trinajstić information content (AvgIpc) is 3.05. The number of thiazole rings is 1. The van der Waals surface area contributed by atoms with Crippen molar-refractivity contribution in [1.29, 1.82) is 0 Å². The molecule has 2 aromatic heterocycles. The summed E-state index contributed by atoms with van der Waals surface area (Å²) in [4.78, 5) is 20.4. The van der Waals surface area contributed by atoms with Gasteiger partial charge >= 0.3 is 6.18 Å². The first kappa shape index (κ1) is 16.1. The third-order valence-corrected chi connectivity index (χ3v) is 3.97. The van der Waals surface area contributed by atoms with Gasteiger partial charge in [-0.05, 0) is 24.3 Å². The molecule has 0 fully saturated rings. The van der Waals surface area contributed by atoms with Crippen LogP contribution < -0.4 is 5.32 Å². The minimum Gasteiger partial charge on any atom is -0.320 e. The normalized spacial score (nSPS) is 11.3. The highest BCUT2D eigenvalue weighted by Crippen LogP contribution is 2.34. The molecule has 1 N–H and O–H groups in total. The van der Waals surface area contributed by atoms with Crippen LogP contribution in [-0.2, 0) is 6.18 Å². The largest absolute Gasteiger partial charge is 0.418 e. The Morgan fingerprint density at radius 2 is 1.83 bits per heavy atom. The molecule has 4 nitrogen and oxygen atoms in total. The van der Waals surface area contributed by atoms with Gasteiger partial charge in [-0.3, -0.25) is 9.78 Å². The van der Waals surface area contributed by atoms with Gasteiger partial charge in [-0.2, -0.15) is 13.2 Å². The number of nitrogens with zero attached hydrogens (tertiary/aromatic N) is 2. The molecule has 24 heavy (non-hydrogen) atoms. The number of halogens is 3. The maximum absolute atomic E-state index is 13.0. The maximum atomic E-state index is 13.0. The van der Waals surface area contributed by atoms with E-state index in [-0.39, 0.29) is 11.4 Å². The molecular weight excluding hydrogens is 339 g/mol. The Hall–Kier alpha value is -2.74. The van der Waals surface area contributed by atoms with Crippen molar-refractivity contribution in [3.63, 3.8) is 0 Å². The maximum Gasteiger partial charge on any atom is 0.418 e. The molecule has 2 heterocycles. The Labute approximate surface area is 139 Å². The monoisotopic (exact) mass is 349 g/mol. The van der Waals surface area contributed by atoms with Gasteiger partial charge < -0.3 is 5.32 Å². The molecule has 0 aliphatic carbocycles. The Morgan fingerprint density at radius 1 is 1.08 bits per heavy atom. The average molecular weight is 349 g/mol. The lowest BCUT2D eigenvalue weighted by molar-refractivity contribution is -0.136. The van der Waals surface area contributed by atoms with E-state index in [4.69, 9.17) is 0 Å². The van der Waals surface area contributed by atoms with Gasteiger partial charge in [0.05, 0.1) is 16.9 Å². The number of anilines is 1. The summed E-state index contributed by atoms with van der Waals surface area (Å²) >= 11 is 1.19. The summed E-state index contributed by atoms with van der Waals surface area (Å²) < 4.78 is 38.9. The molecule has 3 aromatic rings. The minimum atomic E-state index is -4.55. The molecule has 1 aromatic carbocycles. The summed E-state index contributed by atoms with van der Waals surface area (Å²) in [6.07, 6.45) is -2.96. The number of aromatic nitrogens is 2. The number of pyridine rings is 1. The lowest BCUT2D eigenvalue weighted by Gasteiger charge is -2.12. The third kappa shape index (κ3) is 3.43. The molecule has 0 saturated carbocycles. The second-order valence-electron chi connectivity index (χ2n) is 4.75. The SMILES string of the molecule is O=C(Nc1ccccc1C(F)(F)F)c1csc(-c2ccccn2)n1. The number of alkyl halides is 3. The van der Waals surface area contributed by atoms with E-state index in [1.807, 2.05) is 0 Å². The molecule has 0 radical (unpaired) electrons. The molecule has 0 atom stereocenters. The summed E-state index contributed by atoms with van der Waals surface area (Å²) in [7, 11) is 0. The molecule has 0 unspecified atom stereocenters. The minimum absolute atomic E-state index is 0.0395. The van der Waals surface area contributed by atoms with Crippen LogP contribution in [0.25, 0.3) is 10.7 Å². The summed E-state index contributed by atoms with van der Waals surface area (Å²) in [5.41, 5.74) is -0.573. The van der Waals surface area contributed by atoms with Crippen LogP contribution in [-0.4, -0.2) is 15.9 Å². The molecule has 0 aliphatic heterocycles. The number of hydrogen-bond donors (Lipinski definition) is 1. The highest BCUT2D eigenvalue weighted by molar-refractivity contribution is 7.13. The molecule has 3 rings (SSSR count). The molecule has 0 saturated heterocycles. The zero-order valence-corrected chi connectivity index (χ0v) is 12.9. The van der Waals surface area contributed by atoms with Crippen molar-refractivity contribution in [2.75, 3.05) is 5.32 Å². The summed E-state index contributed by atoms with van der Waals surface area (Å²) in [6, 6.07) is 10.1. The number of carbonyl (C=O) groups excluding carboxylic acids is 1. The molecule has 122 valence electrons. The van der Waals surface area contributed by atoms with Gasteiger partial charge in [-0.15, -0.1) is 11.3 Å². The number of carbonyl (C=O) groups is 1.